The number of nitrogens with one attached hydrogen (secondary N) is 1. The maximum absolute atomic E-state index is 12.6. The van der Waals surface area contributed by atoms with E-state index >= 15 is 0 Å². The van der Waals surface area contributed by atoms with Gasteiger partial charge in [0.2, 0.25) is 5.91 Å². The summed E-state index contributed by atoms with van der Waals surface area (Å²) >= 11 is 14.1. The number of benzene rings is 2. The summed E-state index contributed by atoms with van der Waals surface area (Å²) in [5.74, 6) is -0.793. The fourth-order valence-electron chi connectivity index (χ4n) is 2.68. The fraction of sp³-hybridized carbons (Fsp3) is 0.0556. The molecular weight excluding hydrogens is 553 g/mol. The average Bonchev–Trinajstić information content (AvgIpc) is 2.95. The molecule has 0 aliphatic rings. The molecule has 1 unspecified atom stereocenters. The number of rotatable bonds is 5. The molecule has 0 radical (unpaired) electrons. The molecule has 0 aliphatic heterocycles. The van der Waals surface area contributed by atoms with Crippen LogP contribution in [0.1, 0.15) is 16.8 Å². The van der Waals surface area contributed by atoms with Gasteiger partial charge in [-0.15, -0.1) is 11.3 Å². The SMILES string of the molecule is O=C(NC=Cc1cc(Br)cc(Br)c1)C(c1csc2ccc(Cl)cc12)P(=O)(O)O. The van der Waals surface area contributed by atoms with Gasteiger partial charge in [0.05, 0.1) is 0 Å². The topological polar surface area (TPSA) is 86.6 Å². The molecule has 0 saturated heterocycles. The van der Waals surface area contributed by atoms with Crippen LogP contribution in [0.4, 0.5) is 0 Å². The van der Waals surface area contributed by atoms with Gasteiger partial charge < -0.3 is 15.1 Å². The zero-order chi connectivity index (χ0) is 20.5. The van der Waals surface area contributed by atoms with E-state index in [0.29, 0.717) is 10.4 Å². The minimum Gasteiger partial charge on any atom is -0.332 e. The van der Waals surface area contributed by atoms with Gasteiger partial charge in [0, 0.05) is 24.9 Å². The Morgan fingerprint density at radius 1 is 1.18 bits per heavy atom. The van der Waals surface area contributed by atoms with Crippen LogP contribution in [0.25, 0.3) is 16.2 Å². The molecule has 0 saturated carbocycles. The van der Waals surface area contributed by atoms with Crippen LogP contribution in [0.5, 0.6) is 0 Å². The maximum atomic E-state index is 12.6. The Morgan fingerprint density at radius 3 is 2.50 bits per heavy atom. The molecule has 5 nitrogen and oxygen atoms in total. The van der Waals surface area contributed by atoms with Gasteiger partial charge in [-0.2, -0.15) is 0 Å². The second kappa shape index (κ2) is 8.79. The molecule has 3 aromatic rings. The number of amides is 1. The van der Waals surface area contributed by atoms with Crippen LogP contribution in [0.2, 0.25) is 5.02 Å². The molecular formula is C18H13Br2ClNO4PS. The third kappa shape index (κ3) is 5.13. The van der Waals surface area contributed by atoms with Crippen LogP contribution in [0, 0.1) is 0 Å². The van der Waals surface area contributed by atoms with Crippen LogP contribution in [-0.2, 0) is 9.36 Å². The third-order valence-corrected chi connectivity index (χ3v) is 7.15. The molecule has 0 spiro atoms. The summed E-state index contributed by atoms with van der Waals surface area (Å²) in [5, 5.41) is 5.04. The number of thiophene rings is 1. The molecule has 0 aliphatic carbocycles. The zero-order valence-corrected chi connectivity index (χ0v) is 19.6. The van der Waals surface area contributed by atoms with Crippen molar-refractivity contribution < 1.29 is 19.1 Å². The quantitative estimate of drug-likeness (QED) is 0.327. The van der Waals surface area contributed by atoms with E-state index in [1.165, 1.54) is 17.5 Å². The van der Waals surface area contributed by atoms with Crippen LogP contribution >= 0.6 is 62.4 Å². The minimum atomic E-state index is -4.77. The number of hydrogen-bond donors (Lipinski definition) is 3. The first-order valence-electron chi connectivity index (χ1n) is 7.80. The Labute approximate surface area is 186 Å². The summed E-state index contributed by atoms with van der Waals surface area (Å²) in [7, 11) is -4.77. The van der Waals surface area contributed by atoms with Gasteiger partial charge >= 0.3 is 7.60 Å². The zero-order valence-electron chi connectivity index (χ0n) is 14.0. The Balaban J connectivity index is 1.89. The second-order valence-electron chi connectivity index (χ2n) is 5.87. The number of halogens is 3. The van der Waals surface area contributed by atoms with Crippen molar-refractivity contribution in [1.29, 1.82) is 0 Å². The van der Waals surface area contributed by atoms with Crippen molar-refractivity contribution in [2.75, 3.05) is 0 Å². The monoisotopic (exact) mass is 563 g/mol. The number of carbonyl (C=O) groups is 1. The summed E-state index contributed by atoms with van der Waals surface area (Å²) in [6, 6.07) is 10.6. The van der Waals surface area contributed by atoms with E-state index in [9.17, 15) is 19.1 Å². The predicted molar refractivity (Wildman–Crippen MR) is 121 cm³/mol. The summed E-state index contributed by atoms with van der Waals surface area (Å²) < 4.78 is 14.6. The van der Waals surface area contributed by atoms with Crippen molar-refractivity contribution in [3.63, 3.8) is 0 Å². The Bertz CT molecular complexity index is 1110. The van der Waals surface area contributed by atoms with Gasteiger partial charge in [-0.1, -0.05) is 43.5 Å². The highest BCUT2D eigenvalue weighted by atomic mass is 79.9. The summed E-state index contributed by atoms with van der Waals surface area (Å²) in [4.78, 5) is 32.3. The van der Waals surface area contributed by atoms with E-state index in [1.807, 2.05) is 18.2 Å². The molecule has 146 valence electrons. The highest BCUT2D eigenvalue weighted by Crippen LogP contribution is 2.54. The summed E-state index contributed by atoms with van der Waals surface area (Å²) in [6.07, 6.45) is 2.99. The summed E-state index contributed by atoms with van der Waals surface area (Å²) in [6.45, 7) is 0. The average molecular weight is 566 g/mol. The van der Waals surface area contributed by atoms with Gasteiger partial charge in [-0.05, 0) is 64.4 Å². The van der Waals surface area contributed by atoms with E-state index in [4.69, 9.17) is 11.6 Å². The molecule has 1 heterocycles. The van der Waals surface area contributed by atoms with E-state index in [-0.39, 0.29) is 5.56 Å². The number of carbonyl (C=O) groups excluding carboxylic acids is 1. The highest BCUT2D eigenvalue weighted by molar-refractivity contribution is 9.11. The molecule has 0 fully saturated rings. The van der Waals surface area contributed by atoms with Crippen LogP contribution in [0.15, 0.2) is 56.9 Å². The Morgan fingerprint density at radius 2 is 1.86 bits per heavy atom. The minimum absolute atomic E-state index is 0.256. The standard InChI is InChI=1S/C18H13Br2ClNO4PS/c19-11-5-10(6-12(20)7-11)3-4-22-18(23)17(27(24,25)26)15-9-28-16-2-1-13(21)8-14(15)16/h1-9,17H,(H,22,23)(H2,24,25,26). The van der Waals surface area contributed by atoms with Gasteiger partial charge in [0.15, 0.2) is 5.66 Å². The van der Waals surface area contributed by atoms with Crippen LogP contribution < -0.4 is 5.32 Å². The van der Waals surface area contributed by atoms with E-state index in [1.54, 1.807) is 29.7 Å². The molecule has 3 rings (SSSR count). The Kier molecular flexibility index (Phi) is 6.82. The molecule has 0 bridgehead atoms. The predicted octanol–water partition coefficient (Wildman–Crippen LogP) is 6.09. The van der Waals surface area contributed by atoms with Crippen LogP contribution in [0.3, 0.4) is 0 Å². The van der Waals surface area contributed by atoms with Crippen molar-refractivity contribution >= 4 is 84.5 Å². The molecule has 1 aromatic heterocycles. The molecule has 28 heavy (non-hydrogen) atoms. The van der Waals surface area contributed by atoms with Crippen molar-refractivity contribution in [2.24, 2.45) is 0 Å². The largest absolute Gasteiger partial charge is 0.342 e. The normalized spacial score (nSPS) is 13.2. The lowest BCUT2D eigenvalue weighted by Gasteiger charge is -2.16. The number of hydrogen-bond acceptors (Lipinski definition) is 3. The lowest BCUT2D eigenvalue weighted by Crippen LogP contribution is -2.25. The van der Waals surface area contributed by atoms with Gasteiger partial charge in [0.1, 0.15) is 0 Å². The third-order valence-electron chi connectivity index (χ3n) is 3.83. The van der Waals surface area contributed by atoms with Crippen LogP contribution in [-0.4, -0.2) is 15.7 Å². The molecule has 2 aromatic carbocycles. The van der Waals surface area contributed by atoms with Crippen molar-refractivity contribution in [3.05, 3.63) is 73.1 Å². The second-order valence-corrected chi connectivity index (χ2v) is 10.7. The first-order chi connectivity index (χ1) is 13.1. The number of fused-ring (bicyclic) bond motifs is 1. The fourth-order valence-corrected chi connectivity index (χ4v) is 6.20. The molecule has 3 N–H and O–H groups in total. The molecule has 10 heteroatoms. The van der Waals surface area contributed by atoms with E-state index in [2.05, 4.69) is 37.2 Å². The lowest BCUT2D eigenvalue weighted by molar-refractivity contribution is -0.120. The van der Waals surface area contributed by atoms with Crippen molar-refractivity contribution in [1.82, 2.24) is 5.32 Å². The van der Waals surface area contributed by atoms with Gasteiger partial charge in [-0.25, -0.2) is 0 Å². The van der Waals surface area contributed by atoms with E-state index < -0.39 is 19.2 Å². The van der Waals surface area contributed by atoms with E-state index in [0.717, 1.165) is 19.2 Å². The van der Waals surface area contributed by atoms with Crippen molar-refractivity contribution in [3.8, 4) is 0 Å². The lowest BCUT2D eigenvalue weighted by atomic mass is 10.1. The smallest absolute Gasteiger partial charge is 0.332 e. The van der Waals surface area contributed by atoms with Crippen molar-refractivity contribution in [2.45, 2.75) is 5.66 Å². The molecule has 1 amide bonds. The first kappa shape index (κ1) is 21.7. The maximum Gasteiger partial charge on any atom is 0.342 e. The van der Waals surface area contributed by atoms with Gasteiger partial charge in [0.25, 0.3) is 0 Å². The van der Waals surface area contributed by atoms with Gasteiger partial charge in [-0.3, -0.25) is 9.36 Å². The highest BCUT2D eigenvalue weighted by Gasteiger charge is 2.38. The molecule has 1 atom stereocenters. The Hall–Kier alpha value is -0.990. The summed E-state index contributed by atoms with van der Waals surface area (Å²) in [5.41, 5.74) is -0.576. The first-order valence-corrected chi connectivity index (χ1v) is 12.3.